The molecule has 150 valence electrons. The van der Waals surface area contributed by atoms with E-state index in [1.54, 1.807) is 11.5 Å². The number of fused-ring (bicyclic) bond motifs is 1. The lowest BCUT2D eigenvalue weighted by Gasteiger charge is -2.16. The van der Waals surface area contributed by atoms with E-state index < -0.39 is 11.8 Å². The average Bonchev–Trinajstić information content (AvgIpc) is 2.72. The van der Waals surface area contributed by atoms with Gasteiger partial charge in [-0.05, 0) is 37.1 Å². The molecule has 0 aliphatic heterocycles. The Labute approximate surface area is 168 Å². The lowest BCUT2D eigenvalue weighted by atomic mass is 10.1. The molecule has 0 amide bonds. The van der Waals surface area contributed by atoms with Gasteiger partial charge in [-0.3, -0.25) is 9.36 Å². The van der Waals surface area contributed by atoms with Crippen LogP contribution < -0.4 is 5.56 Å². The van der Waals surface area contributed by atoms with Crippen LogP contribution in [0.2, 0.25) is 0 Å². The van der Waals surface area contributed by atoms with Crippen LogP contribution in [-0.2, 0) is 22.4 Å². The van der Waals surface area contributed by atoms with Crippen LogP contribution in [0.15, 0.2) is 47.3 Å². The van der Waals surface area contributed by atoms with Crippen LogP contribution in [0.25, 0.3) is 22.7 Å². The Kier molecular flexibility index (Phi) is 6.22. The number of para-hydroxylation sites is 1. The Hall–Kier alpha value is -3.28. The second-order valence-electron chi connectivity index (χ2n) is 6.48. The maximum Gasteiger partial charge on any atom is 0.330 e. The summed E-state index contributed by atoms with van der Waals surface area (Å²) in [6.45, 7) is 5.85. The van der Waals surface area contributed by atoms with Gasteiger partial charge < -0.3 is 4.74 Å². The van der Waals surface area contributed by atoms with Crippen molar-refractivity contribution < 1.29 is 13.9 Å². The summed E-state index contributed by atoms with van der Waals surface area (Å²) in [4.78, 5) is 29.4. The number of hydrogen-bond donors (Lipinski definition) is 0. The Morgan fingerprint density at radius 2 is 1.93 bits per heavy atom. The number of esters is 1. The number of halogens is 1. The molecule has 0 unspecified atom stereocenters. The van der Waals surface area contributed by atoms with Gasteiger partial charge in [0, 0.05) is 24.1 Å². The lowest BCUT2D eigenvalue weighted by Crippen LogP contribution is -2.24. The van der Waals surface area contributed by atoms with Crippen molar-refractivity contribution in [1.29, 1.82) is 0 Å². The van der Waals surface area contributed by atoms with E-state index >= 15 is 0 Å². The Morgan fingerprint density at radius 3 is 2.62 bits per heavy atom. The zero-order valence-electron chi connectivity index (χ0n) is 16.7. The summed E-state index contributed by atoms with van der Waals surface area (Å²) in [6, 6.07) is 10.3. The molecule has 29 heavy (non-hydrogen) atoms. The number of carbonyl (C=O) groups is 1. The van der Waals surface area contributed by atoms with Crippen LogP contribution in [0.3, 0.4) is 0 Å². The average molecular weight is 394 g/mol. The smallest absolute Gasteiger partial charge is 0.330 e. The summed E-state index contributed by atoms with van der Waals surface area (Å²) >= 11 is 0. The quantitative estimate of drug-likeness (QED) is 0.464. The van der Waals surface area contributed by atoms with Gasteiger partial charge in [-0.25, -0.2) is 14.2 Å². The number of hydrogen-bond acceptors (Lipinski definition) is 4. The van der Waals surface area contributed by atoms with E-state index in [1.165, 1.54) is 18.2 Å². The fourth-order valence-corrected chi connectivity index (χ4v) is 3.26. The Bertz CT molecular complexity index is 1150. The van der Waals surface area contributed by atoms with Gasteiger partial charge in [0.1, 0.15) is 11.6 Å². The van der Waals surface area contributed by atoms with Gasteiger partial charge in [-0.15, -0.1) is 0 Å². The van der Waals surface area contributed by atoms with Crippen LogP contribution in [0, 0.1) is 5.82 Å². The first-order valence-corrected chi connectivity index (χ1v) is 9.68. The third-order valence-electron chi connectivity index (χ3n) is 4.67. The Morgan fingerprint density at radius 1 is 1.17 bits per heavy atom. The van der Waals surface area contributed by atoms with Gasteiger partial charge in [-0.1, -0.05) is 32.0 Å². The summed E-state index contributed by atoms with van der Waals surface area (Å²) in [6.07, 6.45) is 3.74. The van der Waals surface area contributed by atoms with E-state index in [1.807, 2.05) is 38.1 Å². The second kappa shape index (κ2) is 8.82. The lowest BCUT2D eigenvalue weighted by molar-refractivity contribution is -0.137. The molecule has 3 aromatic rings. The highest BCUT2D eigenvalue weighted by atomic mass is 19.1. The first-order chi connectivity index (χ1) is 14.0. The molecule has 1 heterocycles. The summed E-state index contributed by atoms with van der Waals surface area (Å²) in [5.41, 5.74) is 1.96. The van der Waals surface area contributed by atoms with Crippen molar-refractivity contribution in [2.24, 2.45) is 0 Å². The molecule has 0 radical (unpaired) electrons. The van der Waals surface area contributed by atoms with Crippen LogP contribution in [-0.4, -0.2) is 22.1 Å². The monoisotopic (exact) mass is 394 g/mol. The van der Waals surface area contributed by atoms with Gasteiger partial charge in [0.2, 0.25) is 0 Å². The maximum absolute atomic E-state index is 14.5. The van der Waals surface area contributed by atoms with E-state index in [0.29, 0.717) is 17.8 Å². The minimum absolute atomic E-state index is 0.129. The highest BCUT2D eigenvalue weighted by Gasteiger charge is 2.15. The number of nitrogens with zero attached hydrogens (tertiary/aromatic N) is 2. The summed E-state index contributed by atoms with van der Waals surface area (Å²) < 4.78 is 20.9. The minimum atomic E-state index is -0.569. The molecule has 5 nitrogen and oxygen atoms in total. The van der Waals surface area contributed by atoms with Crippen molar-refractivity contribution in [3.05, 3.63) is 75.6 Å². The largest absolute Gasteiger partial charge is 0.463 e. The molecule has 0 atom stereocenters. The number of aromatic nitrogens is 2. The van der Waals surface area contributed by atoms with Gasteiger partial charge in [0.05, 0.1) is 23.2 Å². The predicted octanol–water partition coefficient (Wildman–Crippen LogP) is 4.23. The van der Waals surface area contributed by atoms with Crippen LogP contribution in [0.5, 0.6) is 0 Å². The molecule has 0 bridgehead atoms. The molecule has 1 aromatic heterocycles. The van der Waals surface area contributed by atoms with Crippen molar-refractivity contribution in [1.82, 2.24) is 9.55 Å². The van der Waals surface area contributed by atoms with Crippen molar-refractivity contribution in [3.8, 4) is 5.69 Å². The highest BCUT2D eigenvalue weighted by Crippen LogP contribution is 2.21. The third-order valence-corrected chi connectivity index (χ3v) is 4.67. The number of ether oxygens (including phenoxy) is 1. The summed E-state index contributed by atoms with van der Waals surface area (Å²) in [7, 11) is 0. The van der Waals surface area contributed by atoms with Crippen molar-refractivity contribution in [2.45, 2.75) is 33.6 Å². The summed E-state index contributed by atoms with van der Waals surface area (Å²) in [5.74, 6) is -0.558. The van der Waals surface area contributed by atoms with Gasteiger partial charge in [-0.2, -0.15) is 0 Å². The zero-order valence-corrected chi connectivity index (χ0v) is 16.7. The molecule has 0 spiro atoms. The predicted molar refractivity (Wildman–Crippen MR) is 112 cm³/mol. The molecule has 0 N–H and O–H groups in total. The van der Waals surface area contributed by atoms with Crippen LogP contribution >= 0.6 is 0 Å². The molecule has 0 fully saturated rings. The topological polar surface area (TPSA) is 61.2 Å². The molecule has 6 heteroatoms. The fraction of sp³-hybridized carbons (Fsp3) is 0.261. The van der Waals surface area contributed by atoms with Gasteiger partial charge in [0.25, 0.3) is 5.56 Å². The maximum atomic E-state index is 14.5. The molecule has 0 aliphatic rings. The second-order valence-corrected chi connectivity index (χ2v) is 6.48. The number of rotatable bonds is 6. The van der Waals surface area contributed by atoms with Crippen molar-refractivity contribution >= 4 is 22.9 Å². The summed E-state index contributed by atoms with van der Waals surface area (Å²) in [5, 5.41) is 0.290. The van der Waals surface area contributed by atoms with Crippen molar-refractivity contribution in [3.63, 3.8) is 0 Å². The van der Waals surface area contributed by atoms with E-state index in [-0.39, 0.29) is 23.1 Å². The normalized spacial score (nSPS) is 11.3. The number of benzene rings is 2. The van der Waals surface area contributed by atoms with Gasteiger partial charge in [0.15, 0.2) is 0 Å². The number of carbonyl (C=O) groups excluding carboxylic acids is 1. The van der Waals surface area contributed by atoms with E-state index in [2.05, 4.69) is 4.98 Å². The molecular weight excluding hydrogens is 371 g/mol. The Balaban J connectivity index is 2.24. The van der Waals surface area contributed by atoms with E-state index in [0.717, 1.165) is 23.7 Å². The molecule has 3 rings (SSSR count). The molecule has 0 saturated heterocycles. The molecule has 2 aromatic carbocycles. The first kappa shape index (κ1) is 20.5. The third kappa shape index (κ3) is 4.11. The SMILES string of the molecule is CCOC(=O)/C=C/c1cc2c(=O)n(-c3ccccc3CC)c(CC)nc2cc1F. The zero-order chi connectivity index (χ0) is 21.0. The fourth-order valence-electron chi connectivity index (χ4n) is 3.26. The first-order valence-electron chi connectivity index (χ1n) is 9.68. The molecule has 0 aliphatic carbocycles. The van der Waals surface area contributed by atoms with Crippen LogP contribution in [0.4, 0.5) is 4.39 Å². The van der Waals surface area contributed by atoms with E-state index in [4.69, 9.17) is 4.74 Å². The minimum Gasteiger partial charge on any atom is -0.463 e. The molecular formula is C23H23FN2O3. The molecule has 0 saturated carbocycles. The van der Waals surface area contributed by atoms with E-state index in [9.17, 15) is 14.0 Å². The number of aryl methyl sites for hydroxylation is 2. The van der Waals surface area contributed by atoms with Crippen molar-refractivity contribution in [2.75, 3.05) is 6.61 Å². The van der Waals surface area contributed by atoms with Gasteiger partial charge >= 0.3 is 5.97 Å². The van der Waals surface area contributed by atoms with Crippen LogP contribution in [0.1, 0.15) is 37.7 Å². The highest BCUT2D eigenvalue weighted by molar-refractivity contribution is 5.88. The standard InChI is InChI=1S/C23H23FN2O3/c1-4-15-9-7-8-10-20(15)26-21(5-2)25-19-14-18(24)16(13-17(19)23(26)28)11-12-22(27)29-6-3/h7-14H,4-6H2,1-3H3/b12-11+.